The Morgan fingerprint density at radius 2 is 1.17 bits per heavy atom. The van der Waals surface area contributed by atoms with Crippen molar-refractivity contribution in [2.24, 2.45) is 11.3 Å². The molecule has 0 aromatic heterocycles. The van der Waals surface area contributed by atoms with Crippen molar-refractivity contribution in [1.82, 2.24) is 0 Å². The van der Waals surface area contributed by atoms with Crippen LogP contribution in [0.2, 0.25) is 0 Å². The molecule has 2 heteroatoms. The highest BCUT2D eigenvalue weighted by molar-refractivity contribution is 4.86. The second-order valence-corrected chi connectivity index (χ2v) is 7.27. The first-order valence-electron chi connectivity index (χ1n) is 7.36. The zero-order chi connectivity index (χ0) is 14.6. The lowest BCUT2D eigenvalue weighted by molar-refractivity contribution is -0.319. The first-order chi connectivity index (χ1) is 8.00. The molecule has 0 amide bonds. The van der Waals surface area contributed by atoms with E-state index in [4.69, 9.17) is 9.47 Å². The molecule has 0 aliphatic heterocycles. The van der Waals surface area contributed by atoms with Crippen molar-refractivity contribution in [3.63, 3.8) is 0 Å². The van der Waals surface area contributed by atoms with E-state index < -0.39 is 5.79 Å². The van der Waals surface area contributed by atoms with E-state index in [-0.39, 0.29) is 17.6 Å². The molecule has 0 aliphatic carbocycles. The maximum absolute atomic E-state index is 6.24. The first kappa shape index (κ1) is 17.9. The molecule has 0 radical (unpaired) electrons. The highest BCUT2D eigenvalue weighted by atomic mass is 16.7. The van der Waals surface area contributed by atoms with Crippen LogP contribution in [0.5, 0.6) is 0 Å². The van der Waals surface area contributed by atoms with Crippen molar-refractivity contribution in [2.45, 2.75) is 93.2 Å². The standard InChI is InChI=1S/C16H34O2/c1-12(2)10-11-16(15(7,8)9,17-13(3)4)18-14(5)6/h12-14H,10-11H2,1-9H3. The highest BCUT2D eigenvalue weighted by Crippen LogP contribution is 2.41. The maximum Gasteiger partial charge on any atom is 0.173 e. The van der Waals surface area contributed by atoms with Gasteiger partial charge in [0.05, 0.1) is 12.2 Å². The van der Waals surface area contributed by atoms with Gasteiger partial charge in [0, 0.05) is 11.8 Å². The first-order valence-corrected chi connectivity index (χ1v) is 7.36. The molecular weight excluding hydrogens is 224 g/mol. The second kappa shape index (κ2) is 6.91. The molecule has 0 N–H and O–H groups in total. The molecule has 0 aromatic rings. The van der Waals surface area contributed by atoms with Crippen LogP contribution in [-0.4, -0.2) is 18.0 Å². The molecule has 0 bridgehead atoms. The smallest absolute Gasteiger partial charge is 0.173 e. The van der Waals surface area contributed by atoms with Gasteiger partial charge in [-0.3, -0.25) is 0 Å². The van der Waals surface area contributed by atoms with Gasteiger partial charge in [0.25, 0.3) is 0 Å². The quantitative estimate of drug-likeness (QED) is 0.597. The summed E-state index contributed by atoms with van der Waals surface area (Å²) < 4.78 is 12.5. The van der Waals surface area contributed by atoms with E-state index in [2.05, 4.69) is 62.3 Å². The Balaban J connectivity index is 5.12. The van der Waals surface area contributed by atoms with Crippen molar-refractivity contribution in [3.8, 4) is 0 Å². The van der Waals surface area contributed by atoms with E-state index in [9.17, 15) is 0 Å². The maximum atomic E-state index is 6.24. The lowest BCUT2D eigenvalue weighted by atomic mass is 9.80. The highest BCUT2D eigenvalue weighted by Gasteiger charge is 2.45. The topological polar surface area (TPSA) is 18.5 Å². The summed E-state index contributed by atoms with van der Waals surface area (Å²) >= 11 is 0. The van der Waals surface area contributed by atoms with Crippen molar-refractivity contribution in [3.05, 3.63) is 0 Å². The molecule has 0 atom stereocenters. The van der Waals surface area contributed by atoms with Crippen molar-refractivity contribution in [2.75, 3.05) is 0 Å². The van der Waals surface area contributed by atoms with Crippen LogP contribution in [0.4, 0.5) is 0 Å². The molecule has 0 saturated carbocycles. The zero-order valence-electron chi connectivity index (χ0n) is 14.0. The van der Waals surface area contributed by atoms with Crippen LogP contribution in [0, 0.1) is 11.3 Å². The third-order valence-corrected chi connectivity index (χ3v) is 3.05. The predicted molar refractivity (Wildman–Crippen MR) is 78.7 cm³/mol. The summed E-state index contributed by atoms with van der Waals surface area (Å²) in [5.41, 5.74) is -0.0313. The normalized spacial score (nSPS) is 14.0. The minimum atomic E-state index is -0.487. The number of ether oxygens (including phenoxy) is 2. The summed E-state index contributed by atoms with van der Waals surface area (Å²) in [6.45, 7) is 19.4. The van der Waals surface area contributed by atoms with Crippen molar-refractivity contribution < 1.29 is 9.47 Å². The summed E-state index contributed by atoms with van der Waals surface area (Å²) in [5.74, 6) is 0.179. The minimum Gasteiger partial charge on any atom is -0.347 e. The SMILES string of the molecule is CC(C)CCC(OC(C)C)(OC(C)C)C(C)(C)C. The summed E-state index contributed by atoms with van der Waals surface area (Å²) in [6.07, 6.45) is 2.42. The van der Waals surface area contributed by atoms with Crippen LogP contribution in [0.1, 0.15) is 75.2 Å². The molecule has 0 spiro atoms. The molecule has 0 aromatic carbocycles. The van der Waals surface area contributed by atoms with Crippen LogP contribution >= 0.6 is 0 Å². The fourth-order valence-electron chi connectivity index (χ4n) is 2.11. The van der Waals surface area contributed by atoms with Gasteiger partial charge in [-0.15, -0.1) is 0 Å². The molecule has 0 saturated heterocycles. The lowest BCUT2D eigenvalue weighted by Crippen LogP contribution is -2.51. The Labute approximate surface area is 114 Å². The Hall–Kier alpha value is -0.0800. The minimum absolute atomic E-state index is 0.0313. The van der Waals surface area contributed by atoms with Crippen LogP contribution in [0.25, 0.3) is 0 Å². The zero-order valence-corrected chi connectivity index (χ0v) is 14.0. The van der Waals surface area contributed by atoms with Gasteiger partial charge in [0.1, 0.15) is 0 Å². The van der Waals surface area contributed by atoms with Gasteiger partial charge in [-0.1, -0.05) is 34.6 Å². The molecule has 2 nitrogen and oxygen atoms in total. The predicted octanol–water partition coefficient (Wildman–Crippen LogP) is 5.02. The Bertz CT molecular complexity index is 214. The van der Waals surface area contributed by atoms with Crippen LogP contribution < -0.4 is 0 Å². The Morgan fingerprint density at radius 3 is 1.39 bits per heavy atom. The molecular formula is C16H34O2. The van der Waals surface area contributed by atoms with Crippen molar-refractivity contribution in [1.29, 1.82) is 0 Å². The third-order valence-electron chi connectivity index (χ3n) is 3.05. The van der Waals surface area contributed by atoms with Crippen LogP contribution in [-0.2, 0) is 9.47 Å². The summed E-state index contributed by atoms with van der Waals surface area (Å²) in [5, 5.41) is 0. The average molecular weight is 258 g/mol. The number of hydrogen-bond acceptors (Lipinski definition) is 2. The monoisotopic (exact) mass is 258 g/mol. The van der Waals surface area contributed by atoms with Gasteiger partial charge in [-0.25, -0.2) is 0 Å². The summed E-state index contributed by atoms with van der Waals surface area (Å²) in [7, 11) is 0. The van der Waals surface area contributed by atoms with E-state index in [1.807, 2.05) is 0 Å². The molecule has 0 heterocycles. The van der Waals surface area contributed by atoms with Gasteiger partial charge < -0.3 is 9.47 Å². The van der Waals surface area contributed by atoms with E-state index in [1.54, 1.807) is 0 Å². The van der Waals surface area contributed by atoms with Crippen LogP contribution in [0.15, 0.2) is 0 Å². The summed E-state index contributed by atoms with van der Waals surface area (Å²) in [6, 6.07) is 0. The Morgan fingerprint density at radius 1 is 0.778 bits per heavy atom. The average Bonchev–Trinajstić information content (AvgIpc) is 2.10. The van der Waals surface area contributed by atoms with Gasteiger partial charge in [-0.05, 0) is 40.0 Å². The molecule has 0 unspecified atom stereocenters. The number of rotatable bonds is 7. The van der Waals surface area contributed by atoms with E-state index in [0.29, 0.717) is 5.92 Å². The van der Waals surface area contributed by atoms with Gasteiger partial charge in [-0.2, -0.15) is 0 Å². The van der Waals surface area contributed by atoms with E-state index >= 15 is 0 Å². The molecule has 0 fully saturated rings. The molecule has 18 heavy (non-hydrogen) atoms. The molecule has 0 aliphatic rings. The van der Waals surface area contributed by atoms with Gasteiger partial charge in [0.15, 0.2) is 5.79 Å². The largest absolute Gasteiger partial charge is 0.347 e. The fraction of sp³-hybridized carbons (Fsp3) is 1.00. The van der Waals surface area contributed by atoms with Crippen LogP contribution in [0.3, 0.4) is 0 Å². The molecule has 0 rings (SSSR count). The molecule has 110 valence electrons. The van der Waals surface area contributed by atoms with Crippen molar-refractivity contribution >= 4 is 0 Å². The number of hydrogen-bond donors (Lipinski definition) is 0. The van der Waals surface area contributed by atoms with Gasteiger partial charge in [0.2, 0.25) is 0 Å². The second-order valence-electron chi connectivity index (χ2n) is 7.27. The fourth-order valence-corrected chi connectivity index (χ4v) is 2.11. The van der Waals surface area contributed by atoms with Gasteiger partial charge >= 0.3 is 0 Å². The lowest BCUT2D eigenvalue weighted by Gasteiger charge is -2.46. The van der Waals surface area contributed by atoms with E-state index in [0.717, 1.165) is 12.8 Å². The Kier molecular flexibility index (Phi) is 6.87. The van der Waals surface area contributed by atoms with E-state index in [1.165, 1.54) is 0 Å². The third kappa shape index (κ3) is 5.71. The summed E-state index contributed by atoms with van der Waals surface area (Å²) in [4.78, 5) is 0.